The van der Waals surface area contributed by atoms with E-state index in [1.807, 2.05) is 0 Å². The fourth-order valence-electron chi connectivity index (χ4n) is 2.95. The van der Waals surface area contributed by atoms with E-state index in [1.165, 1.54) is 31.0 Å². The van der Waals surface area contributed by atoms with Gasteiger partial charge in [0.05, 0.1) is 11.1 Å². The quantitative estimate of drug-likeness (QED) is 0.380. The first-order valence-electron chi connectivity index (χ1n) is 8.22. The van der Waals surface area contributed by atoms with Crippen molar-refractivity contribution in [1.82, 2.24) is 4.90 Å². The van der Waals surface area contributed by atoms with Gasteiger partial charge in [0.1, 0.15) is 0 Å². The third-order valence-electron chi connectivity index (χ3n) is 4.33. The van der Waals surface area contributed by atoms with Gasteiger partial charge in [-0.1, -0.05) is 0 Å². The number of benzene rings is 1. The van der Waals surface area contributed by atoms with E-state index in [2.05, 4.69) is 5.32 Å². The second-order valence-electron chi connectivity index (χ2n) is 6.85. The van der Waals surface area contributed by atoms with E-state index in [0.29, 0.717) is 16.8 Å². The van der Waals surface area contributed by atoms with Gasteiger partial charge >= 0.3 is 11.9 Å². The van der Waals surface area contributed by atoms with Crippen LogP contribution < -0.4 is 5.32 Å². The summed E-state index contributed by atoms with van der Waals surface area (Å²) in [5.41, 5.74) is 0.839. The highest BCUT2D eigenvalue weighted by Crippen LogP contribution is 2.35. The number of cyclic esters (lactones) is 2. The predicted molar refractivity (Wildman–Crippen MR) is 87.9 cm³/mol. The van der Waals surface area contributed by atoms with Crippen molar-refractivity contribution in [3.8, 4) is 0 Å². The van der Waals surface area contributed by atoms with E-state index >= 15 is 0 Å². The van der Waals surface area contributed by atoms with Crippen LogP contribution in [-0.2, 0) is 19.1 Å². The Morgan fingerprint density at radius 2 is 1.65 bits per heavy atom. The molecule has 0 spiro atoms. The highest BCUT2D eigenvalue weighted by atomic mass is 16.7. The molecule has 0 atom stereocenters. The predicted octanol–water partition coefficient (Wildman–Crippen LogP) is 1.58. The van der Waals surface area contributed by atoms with Crippen LogP contribution >= 0.6 is 0 Å². The van der Waals surface area contributed by atoms with Crippen molar-refractivity contribution in [1.29, 1.82) is 0 Å². The largest absolute Gasteiger partial charge is 0.419 e. The number of rotatable bonds is 3. The van der Waals surface area contributed by atoms with Crippen LogP contribution in [0.25, 0.3) is 0 Å². The monoisotopic (exact) mass is 356 g/mol. The minimum atomic E-state index is -1.31. The number of anilines is 1. The average molecular weight is 356 g/mol. The Bertz CT molecular complexity index is 875. The molecular formula is C18H16N2O6. The molecule has 8 nitrogen and oxygen atoms in total. The summed E-state index contributed by atoms with van der Waals surface area (Å²) >= 11 is 0. The normalized spacial score (nSPS) is 21.3. The van der Waals surface area contributed by atoms with E-state index in [9.17, 15) is 19.2 Å². The maximum atomic E-state index is 12.4. The van der Waals surface area contributed by atoms with E-state index in [-0.39, 0.29) is 23.4 Å². The van der Waals surface area contributed by atoms with Crippen molar-refractivity contribution in [2.75, 3.05) is 5.32 Å². The third-order valence-corrected chi connectivity index (χ3v) is 4.33. The highest BCUT2D eigenvalue weighted by Gasteiger charge is 2.44. The molecule has 4 rings (SSSR count). The number of nitrogens with one attached hydrogen (secondary N) is 1. The zero-order valence-corrected chi connectivity index (χ0v) is 14.2. The minimum absolute atomic E-state index is 0.00365. The van der Waals surface area contributed by atoms with E-state index in [1.54, 1.807) is 12.1 Å². The summed E-state index contributed by atoms with van der Waals surface area (Å²) < 4.78 is 10.0. The first-order valence-corrected chi connectivity index (χ1v) is 8.22. The number of hydrogen-bond acceptors (Lipinski definition) is 7. The van der Waals surface area contributed by atoms with Gasteiger partial charge < -0.3 is 14.8 Å². The van der Waals surface area contributed by atoms with Gasteiger partial charge in [0.2, 0.25) is 0 Å². The maximum Gasteiger partial charge on any atom is 0.350 e. The lowest BCUT2D eigenvalue weighted by molar-refractivity contribution is -0.222. The highest BCUT2D eigenvalue weighted by molar-refractivity contribution is 6.22. The van der Waals surface area contributed by atoms with Crippen LogP contribution in [0.4, 0.5) is 5.69 Å². The molecule has 0 aromatic heterocycles. The van der Waals surface area contributed by atoms with Gasteiger partial charge in [0.25, 0.3) is 17.6 Å². The fraction of sp³-hybridized carbons (Fsp3) is 0.333. The number of nitrogens with zero attached hydrogens (tertiary/aromatic N) is 1. The summed E-state index contributed by atoms with van der Waals surface area (Å²) in [6.45, 7) is 2.92. The van der Waals surface area contributed by atoms with Crippen molar-refractivity contribution in [2.24, 2.45) is 0 Å². The zero-order chi connectivity index (χ0) is 18.6. The molecule has 3 aliphatic rings. The summed E-state index contributed by atoms with van der Waals surface area (Å²) in [6, 6.07) is 4.68. The van der Waals surface area contributed by atoms with Gasteiger partial charge in [-0.3, -0.25) is 14.5 Å². The van der Waals surface area contributed by atoms with Gasteiger partial charge in [0.15, 0.2) is 5.57 Å². The molecule has 1 saturated carbocycles. The number of esters is 2. The Morgan fingerprint density at radius 3 is 2.27 bits per heavy atom. The van der Waals surface area contributed by atoms with Gasteiger partial charge in [-0.25, -0.2) is 9.59 Å². The minimum Gasteiger partial charge on any atom is -0.419 e. The summed E-state index contributed by atoms with van der Waals surface area (Å²) in [5, 5.41) is 2.78. The number of fused-ring (bicyclic) bond motifs is 1. The number of carbonyl (C=O) groups excluding carboxylic acids is 4. The molecule has 1 aliphatic carbocycles. The van der Waals surface area contributed by atoms with Crippen LogP contribution in [0.1, 0.15) is 47.4 Å². The second kappa shape index (κ2) is 5.42. The molecule has 2 amide bonds. The standard InChI is InChI=1S/C18H16N2O6/c1-18(2)25-16(23)13(17(24)26-18)8-19-9-3-6-11-12(7-9)15(22)20(14(11)21)10-4-5-10/h3,6-8,10,19H,4-5H2,1-2H3. The molecule has 1 N–H and O–H groups in total. The van der Waals surface area contributed by atoms with Crippen LogP contribution in [0.5, 0.6) is 0 Å². The molecule has 26 heavy (non-hydrogen) atoms. The Balaban J connectivity index is 1.56. The summed E-state index contributed by atoms with van der Waals surface area (Å²) in [6.07, 6.45) is 2.84. The van der Waals surface area contributed by atoms with E-state index < -0.39 is 17.7 Å². The summed E-state index contributed by atoms with van der Waals surface area (Å²) in [5.74, 6) is -3.50. The topological polar surface area (TPSA) is 102 Å². The van der Waals surface area contributed by atoms with Crippen LogP contribution in [0.3, 0.4) is 0 Å². The third kappa shape index (κ3) is 2.63. The second-order valence-corrected chi connectivity index (χ2v) is 6.85. The summed E-state index contributed by atoms with van der Waals surface area (Å²) in [4.78, 5) is 49.9. The zero-order valence-electron chi connectivity index (χ0n) is 14.2. The Labute approximate surface area is 148 Å². The molecule has 0 unspecified atom stereocenters. The number of hydrogen-bond donors (Lipinski definition) is 1. The summed E-state index contributed by atoms with van der Waals surface area (Å²) in [7, 11) is 0. The molecule has 0 bridgehead atoms. The van der Waals surface area contributed by atoms with Crippen molar-refractivity contribution in [3.05, 3.63) is 41.1 Å². The van der Waals surface area contributed by atoms with E-state index in [4.69, 9.17) is 9.47 Å². The molecule has 8 heteroatoms. The van der Waals surface area contributed by atoms with Crippen LogP contribution in [-0.4, -0.2) is 40.5 Å². The van der Waals surface area contributed by atoms with Crippen molar-refractivity contribution < 1.29 is 28.7 Å². The van der Waals surface area contributed by atoms with Crippen LogP contribution in [0, 0.1) is 0 Å². The lowest BCUT2D eigenvalue weighted by Gasteiger charge is -2.29. The maximum absolute atomic E-state index is 12.4. The lowest BCUT2D eigenvalue weighted by atomic mass is 10.1. The molecule has 2 heterocycles. The van der Waals surface area contributed by atoms with Gasteiger partial charge in [0, 0.05) is 31.8 Å². The fourth-order valence-corrected chi connectivity index (χ4v) is 2.95. The first-order chi connectivity index (χ1) is 12.3. The van der Waals surface area contributed by atoms with Crippen molar-refractivity contribution in [3.63, 3.8) is 0 Å². The Kier molecular flexibility index (Phi) is 3.40. The lowest BCUT2D eigenvalue weighted by Crippen LogP contribution is -2.42. The number of imide groups is 1. The van der Waals surface area contributed by atoms with Crippen LogP contribution in [0.2, 0.25) is 0 Å². The molecule has 0 radical (unpaired) electrons. The Hall–Kier alpha value is -3.16. The molecule has 1 aromatic carbocycles. The smallest absolute Gasteiger partial charge is 0.350 e. The van der Waals surface area contributed by atoms with Gasteiger partial charge in [-0.2, -0.15) is 0 Å². The van der Waals surface area contributed by atoms with Gasteiger partial charge in [-0.05, 0) is 31.0 Å². The SMILES string of the molecule is CC1(C)OC(=O)C(=CNc2ccc3c(c2)C(=O)N(C2CC2)C3=O)C(=O)O1. The van der Waals surface area contributed by atoms with Crippen molar-refractivity contribution >= 4 is 29.4 Å². The van der Waals surface area contributed by atoms with Gasteiger partial charge in [-0.15, -0.1) is 0 Å². The Morgan fingerprint density at radius 1 is 1.04 bits per heavy atom. The van der Waals surface area contributed by atoms with Crippen molar-refractivity contribution in [2.45, 2.75) is 38.5 Å². The average Bonchev–Trinajstić information content (AvgIpc) is 3.34. The number of carbonyl (C=O) groups is 4. The molecular weight excluding hydrogens is 340 g/mol. The molecule has 1 aromatic rings. The molecule has 2 fully saturated rings. The van der Waals surface area contributed by atoms with Crippen LogP contribution in [0.15, 0.2) is 30.0 Å². The number of ether oxygens (including phenoxy) is 2. The first kappa shape index (κ1) is 16.3. The number of amides is 2. The molecule has 2 aliphatic heterocycles. The van der Waals surface area contributed by atoms with E-state index in [0.717, 1.165) is 12.8 Å². The molecule has 1 saturated heterocycles. The molecule has 134 valence electrons.